The van der Waals surface area contributed by atoms with Crippen LogP contribution in [0.3, 0.4) is 0 Å². The summed E-state index contributed by atoms with van der Waals surface area (Å²) in [4.78, 5) is 20.5. The van der Waals surface area contributed by atoms with Gasteiger partial charge < -0.3 is 10.3 Å². The average Bonchev–Trinajstić information content (AvgIpc) is 3.22. The topological polar surface area (TPSA) is 57.8 Å². The number of H-pyrrole nitrogens is 1. The van der Waals surface area contributed by atoms with Gasteiger partial charge in [0.1, 0.15) is 11.5 Å². The molecule has 2 heterocycles. The molecule has 1 saturated carbocycles. The maximum Gasteiger partial charge on any atom is 0.271 e. The van der Waals surface area contributed by atoms with Gasteiger partial charge in [0.2, 0.25) is 0 Å². The van der Waals surface area contributed by atoms with Gasteiger partial charge in [0.25, 0.3) is 5.91 Å². The van der Waals surface area contributed by atoms with Crippen molar-refractivity contribution in [2.24, 2.45) is 5.41 Å². The molecule has 1 aromatic carbocycles. The average molecular weight is 330 g/mol. The number of hydrogen-bond acceptors (Lipinski definition) is 2. The first-order valence-electron chi connectivity index (χ1n) is 8.03. The number of halogens is 1. The molecule has 2 N–H and O–H groups in total. The van der Waals surface area contributed by atoms with E-state index in [9.17, 15) is 4.79 Å². The number of benzene rings is 1. The molecule has 2 aliphatic rings. The lowest BCUT2D eigenvalue weighted by Gasteiger charge is -2.21. The van der Waals surface area contributed by atoms with Crippen molar-refractivity contribution < 1.29 is 4.79 Å². The Morgan fingerprint density at radius 3 is 2.52 bits per heavy atom. The lowest BCUT2D eigenvalue weighted by atomic mass is 9.88. The summed E-state index contributed by atoms with van der Waals surface area (Å²) in [5, 5.41) is 3.72. The first-order valence-corrected chi connectivity index (χ1v) is 8.41. The summed E-state index contributed by atoms with van der Waals surface area (Å²) < 4.78 is 0. The normalized spacial score (nSPS) is 21.3. The molecule has 1 aliphatic carbocycles. The molecule has 23 heavy (non-hydrogen) atoms. The van der Waals surface area contributed by atoms with E-state index in [-0.39, 0.29) is 16.7 Å². The lowest BCUT2D eigenvalue weighted by molar-refractivity contribution is 0.0940. The van der Waals surface area contributed by atoms with Crippen molar-refractivity contribution in [1.29, 1.82) is 0 Å². The Balaban J connectivity index is 1.75. The third-order valence-electron chi connectivity index (χ3n) is 4.98. The van der Waals surface area contributed by atoms with Crippen molar-refractivity contribution in [3.05, 3.63) is 52.1 Å². The number of hydrogen-bond donors (Lipinski definition) is 2. The molecular weight excluding hydrogens is 310 g/mol. The van der Waals surface area contributed by atoms with Gasteiger partial charge in [-0.15, -0.1) is 0 Å². The second kappa shape index (κ2) is 4.84. The molecule has 0 spiro atoms. The van der Waals surface area contributed by atoms with Crippen LogP contribution in [0.5, 0.6) is 0 Å². The van der Waals surface area contributed by atoms with Crippen molar-refractivity contribution in [3.63, 3.8) is 0 Å². The van der Waals surface area contributed by atoms with Gasteiger partial charge in [-0.3, -0.25) is 4.79 Å². The predicted octanol–water partition coefficient (Wildman–Crippen LogP) is 3.46. The third-order valence-corrected chi connectivity index (χ3v) is 5.23. The zero-order chi connectivity index (χ0) is 16.2. The van der Waals surface area contributed by atoms with E-state index in [2.05, 4.69) is 41.3 Å². The Morgan fingerprint density at radius 1 is 1.17 bits per heavy atom. The molecule has 2 aromatic rings. The van der Waals surface area contributed by atoms with E-state index in [1.165, 1.54) is 5.56 Å². The van der Waals surface area contributed by atoms with Gasteiger partial charge in [0.05, 0.1) is 5.41 Å². The number of carbonyl (C=O) groups is 1. The summed E-state index contributed by atoms with van der Waals surface area (Å²) >= 11 is 6.00. The maximum absolute atomic E-state index is 12.3. The van der Waals surface area contributed by atoms with Crippen LogP contribution < -0.4 is 5.32 Å². The number of amides is 1. The van der Waals surface area contributed by atoms with Crippen molar-refractivity contribution in [2.75, 3.05) is 6.54 Å². The second-order valence-corrected chi connectivity index (χ2v) is 7.96. The molecule has 120 valence electrons. The number of carbonyl (C=O) groups excluding carboxylic acids is 1. The zero-order valence-corrected chi connectivity index (χ0v) is 14.1. The van der Waals surface area contributed by atoms with E-state index >= 15 is 0 Å². The molecule has 1 aliphatic heterocycles. The number of nitrogens with zero attached hydrogens (tertiary/aromatic N) is 1. The first-order chi connectivity index (χ1) is 10.9. The Bertz CT molecular complexity index is 772. The highest BCUT2D eigenvalue weighted by Crippen LogP contribution is 2.52. The van der Waals surface area contributed by atoms with Gasteiger partial charge in [-0.1, -0.05) is 37.6 Å². The van der Waals surface area contributed by atoms with Gasteiger partial charge >= 0.3 is 0 Å². The largest absolute Gasteiger partial charge is 0.350 e. The Hall–Kier alpha value is -1.81. The van der Waals surface area contributed by atoms with E-state index in [0.29, 0.717) is 12.2 Å². The highest BCUT2D eigenvalue weighted by molar-refractivity contribution is 6.30. The maximum atomic E-state index is 12.3. The fourth-order valence-electron chi connectivity index (χ4n) is 3.45. The number of rotatable bonds is 2. The summed E-state index contributed by atoms with van der Waals surface area (Å²) in [6.45, 7) is 5.00. The molecule has 0 saturated heterocycles. The number of fused-ring (bicyclic) bond motifs is 1. The number of aromatic amines is 1. The summed E-state index contributed by atoms with van der Waals surface area (Å²) in [6.07, 6.45) is 2.92. The molecule has 1 amide bonds. The van der Waals surface area contributed by atoms with Crippen LogP contribution in [0.4, 0.5) is 0 Å². The van der Waals surface area contributed by atoms with Crippen LogP contribution in [-0.2, 0) is 11.8 Å². The molecule has 4 rings (SSSR count). The van der Waals surface area contributed by atoms with Crippen molar-refractivity contribution in [1.82, 2.24) is 15.3 Å². The summed E-state index contributed by atoms with van der Waals surface area (Å²) in [5.74, 6) is 0.845. The monoisotopic (exact) mass is 329 g/mol. The number of imidazole rings is 1. The zero-order valence-electron chi connectivity index (χ0n) is 13.4. The molecule has 4 nitrogen and oxygen atoms in total. The fourth-order valence-corrected chi connectivity index (χ4v) is 3.58. The number of nitrogens with one attached hydrogen (secondary N) is 2. The first kappa shape index (κ1) is 14.8. The standard InChI is InChI=1S/C18H20ClN3O/c1-17(2)9-13-14(15(23)20-10-17)22-16(21-13)18(7-8-18)11-3-5-12(19)6-4-11/h3-6H,7-10H2,1-2H3,(H,20,23)(H,21,22). The van der Waals surface area contributed by atoms with Gasteiger partial charge in [-0.25, -0.2) is 4.98 Å². The van der Waals surface area contributed by atoms with Gasteiger partial charge in [-0.2, -0.15) is 0 Å². The minimum atomic E-state index is -0.0821. The van der Waals surface area contributed by atoms with E-state index in [1.54, 1.807) is 0 Å². The minimum absolute atomic E-state index is 0.0295. The van der Waals surface area contributed by atoms with E-state index in [0.717, 1.165) is 35.8 Å². The quantitative estimate of drug-likeness (QED) is 0.886. The van der Waals surface area contributed by atoms with E-state index in [4.69, 9.17) is 11.6 Å². The van der Waals surface area contributed by atoms with Crippen LogP contribution >= 0.6 is 11.6 Å². The Kier molecular flexibility index (Phi) is 3.11. The summed E-state index contributed by atoms with van der Waals surface area (Å²) in [6, 6.07) is 7.96. The van der Waals surface area contributed by atoms with Crippen LogP contribution in [0.15, 0.2) is 24.3 Å². The summed E-state index contributed by atoms with van der Waals surface area (Å²) in [5.41, 5.74) is 2.68. The van der Waals surface area contributed by atoms with E-state index in [1.807, 2.05) is 12.1 Å². The molecule has 1 aromatic heterocycles. The van der Waals surface area contributed by atoms with Crippen LogP contribution in [0.1, 0.15) is 54.3 Å². The predicted molar refractivity (Wildman–Crippen MR) is 89.9 cm³/mol. The molecule has 1 fully saturated rings. The van der Waals surface area contributed by atoms with Gasteiger partial charge in [0, 0.05) is 17.3 Å². The molecule has 0 atom stereocenters. The van der Waals surface area contributed by atoms with Crippen LogP contribution in [0.25, 0.3) is 0 Å². The van der Waals surface area contributed by atoms with Gasteiger partial charge in [-0.05, 0) is 42.4 Å². The van der Waals surface area contributed by atoms with Crippen LogP contribution in [0.2, 0.25) is 5.02 Å². The minimum Gasteiger partial charge on any atom is -0.350 e. The molecule has 0 radical (unpaired) electrons. The van der Waals surface area contributed by atoms with Crippen LogP contribution in [-0.4, -0.2) is 22.4 Å². The highest BCUT2D eigenvalue weighted by Gasteiger charge is 2.49. The van der Waals surface area contributed by atoms with Gasteiger partial charge in [0.15, 0.2) is 0 Å². The Labute approximate surface area is 140 Å². The fraction of sp³-hybridized carbons (Fsp3) is 0.444. The Morgan fingerprint density at radius 2 is 1.87 bits per heavy atom. The highest BCUT2D eigenvalue weighted by atomic mass is 35.5. The molecule has 0 unspecified atom stereocenters. The van der Waals surface area contributed by atoms with Crippen molar-refractivity contribution in [3.8, 4) is 0 Å². The smallest absolute Gasteiger partial charge is 0.271 e. The molecule has 5 heteroatoms. The van der Waals surface area contributed by atoms with Crippen molar-refractivity contribution in [2.45, 2.75) is 38.5 Å². The molecular formula is C18H20ClN3O. The second-order valence-electron chi connectivity index (χ2n) is 7.53. The van der Waals surface area contributed by atoms with E-state index < -0.39 is 0 Å². The SMILES string of the molecule is CC1(C)CNC(=O)c2nc(C3(c4ccc(Cl)cc4)CC3)[nH]c2C1. The van der Waals surface area contributed by atoms with Crippen LogP contribution in [0, 0.1) is 5.41 Å². The number of aromatic nitrogens is 2. The van der Waals surface area contributed by atoms with Crippen molar-refractivity contribution >= 4 is 17.5 Å². The third kappa shape index (κ3) is 2.45. The lowest BCUT2D eigenvalue weighted by Crippen LogP contribution is -2.32. The summed E-state index contributed by atoms with van der Waals surface area (Å²) in [7, 11) is 0. The molecule has 0 bridgehead atoms.